The summed E-state index contributed by atoms with van der Waals surface area (Å²) in [6.45, 7) is 4.04. The Morgan fingerprint density at radius 1 is 1.17 bits per heavy atom. The third-order valence-electron chi connectivity index (χ3n) is 3.41. The van der Waals surface area contributed by atoms with Crippen LogP contribution < -0.4 is 0 Å². The second-order valence-corrected chi connectivity index (χ2v) is 7.00. The minimum absolute atomic E-state index is 0.137. The number of thioether (sulfide) groups is 1. The molecule has 1 N–H and O–H groups in total. The normalized spacial score (nSPS) is 13.5. The van der Waals surface area contributed by atoms with Crippen LogP contribution in [0.4, 0.5) is 0 Å². The van der Waals surface area contributed by atoms with Crippen LogP contribution in [0.3, 0.4) is 0 Å². The Hall–Kier alpha value is -1.49. The van der Waals surface area contributed by atoms with Crippen molar-refractivity contribution >= 4 is 29.3 Å². The Bertz CT molecular complexity index is 640. The van der Waals surface area contributed by atoms with Crippen LogP contribution in [0.1, 0.15) is 24.2 Å². The Morgan fingerprint density at radius 2 is 1.78 bits per heavy atom. The highest BCUT2D eigenvalue weighted by Crippen LogP contribution is 2.26. The van der Waals surface area contributed by atoms with Crippen LogP contribution in [-0.4, -0.2) is 22.9 Å². The molecule has 2 unspecified atom stereocenters. The summed E-state index contributed by atoms with van der Waals surface area (Å²) in [7, 11) is 0. The van der Waals surface area contributed by atoms with Crippen molar-refractivity contribution in [2.24, 2.45) is 0 Å². The fraction of sp³-hybridized carbons (Fsp3) is 0.278. The first-order chi connectivity index (χ1) is 11.0. The number of ether oxygens (including phenoxy) is 1. The van der Waals surface area contributed by atoms with Crippen LogP contribution in [-0.2, 0) is 9.53 Å². The summed E-state index contributed by atoms with van der Waals surface area (Å²) in [5.74, 6) is -0.876. The number of rotatable bonds is 7. The highest BCUT2D eigenvalue weighted by molar-refractivity contribution is 8.00. The molecule has 2 aromatic rings. The molecule has 0 aliphatic heterocycles. The molecule has 23 heavy (non-hydrogen) atoms. The average molecular weight is 351 g/mol. The molecule has 3 nitrogen and oxygen atoms in total. The SMILES string of the molecule is Cc1ccc(SC(COC(C)c2ccc(Cl)cc2)C(=O)O)cc1. The van der Waals surface area contributed by atoms with Gasteiger partial charge in [-0.25, -0.2) is 0 Å². The smallest absolute Gasteiger partial charge is 0.319 e. The largest absolute Gasteiger partial charge is 0.480 e. The molecule has 2 aromatic carbocycles. The van der Waals surface area contributed by atoms with E-state index in [-0.39, 0.29) is 12.7 Å². The zero-order valence-corrected chi connectivity index (χ0v) is 14.6. The van der Waals surface area contributed by atoms with E-state index in [0.29, 0.717) is 5.02 Å². The number of hydrogen-bond donors (Lipinski definition) is 1. The molecule has 0 amide bonds. The summed E-state index contributed by atoms with van der Waals surface area (Å²) >= 11 is 7.16. The lowest BCUT2D eigenvalue weighted by Crippen LogP contribution is -2.23. The van der Waals surface area contributed by atoms with Crippen LogP contribution in [0.25, 0.3) is 0 Å². The fourth-order valence-electron chi connectivity index (χ4n) is 2.00. The molecule has 0 aliphatic carbocycles. The first kappa shape index (κ1) is 17.9. The second-order valence-electron chi connectivity index (χ2n) is 5.28. The van der Waals surface area contributed by atoms with E-state index >= 15 is 0 Å². The van der Waals surface area contributed by atoms with Gasteiger partial charge in [-0.2, -0.15) is 0 Å². The fourth-order valence-corrected chi connectivity index (χ4v) is 2.99. The molecule has 0 heterocycles. The van der Waals surface area contributed by atoms with Crippen molar-refractivity contribution in [3.8, 4) is 0 Å². The lowest BCUT2D eigenvalue weighted by atomic mass is 10.1. The average Bonchev–Trinajstić information content (AvgIpc) is 2.53. The maximum atomic E-state index is 11.4. The van der Waals surface area contributed by atoms with Gasteiger partial charge in [0.2, 0.25) is 0 Å². The molecule has 0 radical (unpaired) electrons. The number of aryl methyl sites for hydroxylation is 1. The zero-order valence-electron chi connectivity index (χ0n) is 13.0. The molecule has 0 saturated heterocycles. The quantitative estimate of drug-likeness (QED) is 0.716. The van der Waals surface area contributed by atoms with Crippen LogP contribution in [0.5, 0.6) is 0 Å². The molecule has 122 valence electrons. The summed E-state index contributed by atoms with van der Waals surface area (Å²) in [5, 5.41) is 9.41. The highest BCUT2D eigenvalue weighted by Gasteiger charge is 2.21. The van der Waals surface area contributed by atoms with Gasteiger partial charge >= 0.3 is 5.97 Å². The third-order valence-corrected chi connectivity index (χ3v) is 4.83. The van der Waals surface area contributed by atoms with Crippen molar-refractivity contribution in [2.45, 2.75) is 30.1 Å². The first-order valence-corrected chi connectivity index (χ1v) is 8.54. The van der Waals surface area contributed by atoms with Crippen molar-refractivity contribution in [3.63, 3.8) is 0 Å². The van der Waals surface area contributed by atoms with E-state index in [2.05, 4.69) is 0 Å². The molecule has 0 saturated carbocycles. The number of benzene rings is 2. The van der Waals surface area contributed by atoms with Crippen LogP contribution in [0.2, 0.25) is 5.02 Å². The monoisotopic (exact) mass is 350 g/mol. The minimum Gasteiger partial charge on any atom is -0.480 e. The van der Waals surface area contributed by atoms with Gasteiger partial charge in [-0.05, 0) is 43.7 Å². The molecule has 0 spiro atoms. The molecule has 2 atom stereocenters. The maximum Gasteiger partial charge on any atom is 0.319 e. The highest BCUT2D eigenvalue weighted by atomic mass is 35.5. The third kappa shape index (κ3) is 5.57. The predicted molar refractivity (Wildman–Crippen MR) is 94.3 cm³/mol. The molecule has 2 rings (SSSR count). The van der Waals surface area contributed by atoms with E-state index in [9.17, 15) is 9.90 Å². The van der Waals surface area contributed by atoms with Gasteiger partial charge in [0.25, 0.3) is 0 Å². The van der Waals surface area contributed by atoms with Crippen LogP contribution in [0.15, 0.2) is 53.4 Å². The lowest BCUT2D eigenvalue weighted by molar-refractivity contribution is -0.137. The van der Waals surface area contributed by atoms with Gasteiger partial charge in [-0.1, -0.05) is 41.4 Å². The van der Waals surface area contributed by atoms with Gasteiger partial charge in [0.05, 0.1) is 12.7 Å². The van der Waals surface area contributed by atoms with E-state index in [1.807, 2.05) is 50.2 Å². The Kier molecular flexibility index (Phi) is 6.51. The van der Waals surface area contributed by atoms with E-state index in [1.54, 1.807) is 12.1 Å². The summed E-state index contributed by atoms with van der Waals surface area (Å²) in [6.07, 6.45) is -0.187. The van der Waals surface area contributed by atoms with Gasteiger partial charge in [0, 0.05) is 9.92 Å². The summed E-state index contributed by atoms with van der Waals surface area (Å²) < 4.78 is 5.74. The molecular formula is C18H19ClO3S. The van der Waals surface area contributed by atoms with Crippen molar-refractivity contribution in [3.05, 3.63) is 64.7 Å². The Balaban J connectivity index is 1.95. The van der Waals surface area contributed by atoms with Gasteiger partial charge in [0.1, 0.15) is 5.25 Å². The standard InChI is InChI=1S/C18H19ClO3S/c1-12-3-9-16(10-4-12)23-17(18(20)21)11-22-13(2)14-5-7-15(19)8-6-14/h3-10,13,17H,11H2,1-2H3,(H,20,21). The molecule has 0 fully saturated rings. The molecule has 0 aliphatic rings. The minimum atomic E-state index is -0.876. The van der Waals surface area contributed by atoms with Gasteiger partial charge < -0.3 is 9.84 Å². The van der Waals surface area contributed by atoms with E-state index in [4.69, 9.17) is 16.3 Å². The Labute approximate surface area is 145 Å². The van der Waals surface area contributed by atoms with Crippen LogP contribution >= 0.6 is 23.4 Å². The maximum absolute atomic E-state index is 11.4. The predicted octanol–water partition coefficient (Wildman–Crippen LogP) is 4.97. The number of aliphatic carboxylic acids is 1. The number of halogens is 1. The lowest BCUT2D eigenvalue weighted by Gasteiger charge is -2.17. The zero-order chi connectivity index (χ0) is 16.8. The topological polar surface area (TPSA) is 46.5 Å². The van der Waals surface area contributed by atoms with Gasteiger partial charge in [0.15, 0.2) is 0 Å². The van der Waals surface area contributed by atoms with E-state index in [0.717, 1.165) is 16.0 Å². The van der Waals surface area contributed by atoms with Gasteiger partial charge in [-0.15, -0.1) is 11.8 Å². The second kappa shape index (κ2) is 8.39. The van der Waals surface area contributed by atoms with Crippen molar-refractivity contribution in [1.29, 1.82) is 0 Å². The first-order valence-electron chi connectivity index (χ1n) is 7.29. The summed E-state index contributed by atoms with van der Waals surface area (Å²) in [5.41, 5.74) is 2.12. The number of carboxylic acids is 1. The number of carbonyl (C=O) groups is 1. The summed E-state index contributed by atoms with van der Waals surface area (Å²) in [4.78, 5) is 12.4. The van der Waals surface area contributed by atoms with Crippen molar-refractivity contribution in [2.75, 3.05) is 6.61 Å². The van der Waals surface area contributed by atoms with Crippen LogP contribution in [0, 0.1) is 6.92 Å². The van der Waals surface area contributed by atoms with Gasteiger partial charge in [-0.3, -0.25) is 4.79 Å². The number of carboxylic acid groups (broad SMARTS) is 1. The molecule has 0 aromatic heterocycles. The molecule has 0 bridgehead atoms. The van der Waals surface area contributed by atoms with Crippen molar-refractivity contribution in [1.82, 2.24) is 0 Å². The molecular weight excluding hydrogens is 332 g/mol. The Morgan fingerprint density at radius 3 is 2.35 bits per heavy atom. The molecule has 5 heteroatoms. The number of hydrogen-bond acceptors (Lipinski definition) is 3. The van der Waals surface area contributed by atoms with Crippen molar-refractivity contribution < 1.29 is 14.6 Å². The van der Waals surface area contributed by atoms with E-state index in [1.165, 1.54) is 11.8 Å². The summed E-state index contributed by atoms with van der Waals surface area (Å²) in [6, 6.07) is 15.2. The van der Waals surface area contributed by atoms with E-state index < -0.39 is 11.2 Å².